The van der Waals surface area contributed by atoms with E-state index in [2.05, 4.69) is 18.7 Å². The first kappa shape index (κ1) is 11.8. The topological polar surface area (TPSA) is 49.5 Å². The Bertz CT molecular complexity index is 139. The average molecular weight is 190 g/mol. The highest BCUT2D eigenvalue weighted by atomic mass is 32.1. The Morgan fingerprint density at radius 2 is 2.08 bits per heavy atom. The van der Waals surface area contributed by atoms with Gasteiger partial charge in [-0.1, -0.05) is 12.2 Å². The Balaban J connectivity index is 3.70. The van der Waals surface area contributed by atoms with Gasteiger partial charge < -0.3 is 10.8 Å². The van der Waals surface area contributed by atoms with Crippen LogP contribution in [-0.4, -0.2) is 40.7 Å². The van der Waals surface area contributed by atoms with Crippen LogP contribution in [0.15, 0.2) is 0 Å². The van der Waals surface area contributed by atoms with E-state index in [-0.39, 0.29) is 6.61 Å². The molecular weight excluding hydrogens is 172 g/mol. The van der Waals surface area contributed by atoms with Crippen LogP contribution in [0.2, 0.25) is 0 Å². The number of hydrogen-bond acceptors (Lipinski definition) is 3. The highest BCUT2D eigenvalue weighted by Gasteiger charge is 2.07. The van der Waals surface area contributed by atoms with Crippen LogP contribution >= 0.6 is 12.2 Å². The summed E-state index contributed by atoms with van der Waals surface area (Å²) in [7, 11) is 0. The molecule has 0 bridgehead atoms. The van der Waals surface area contributed by atoms with Crippen molar-refractivity contribution < 1.29 is 5.11 Å². The van der Waals surface area contributed by atoms with Crippen LogP contribution in [0.5, 0.6) is 0 Å². The maximum absolute atomic E-state index is 8.75. The molecule has 0 rings (SSSR count). The fourth-order valence-electron chi connectivity index (χ4n) is 1.01. The van der Waals surface area contributed by atoms with Gasteiger partial charge in [0.15, 0.2) is 0 Å². The molecule has 0 amide bonds. The molecule has 0 fully saturated rings. The fourth-order valence-corrected chi connectivity index (χ4v) is 1.10. The van der Waals surface area contributed by atoms with Gasteiger partial charge in [0.2, 0.25) is 0 Å². The minimum absolute atomic E-state index is 0.190. The lowest BCUT2D eigenvalue weighted by atomic mass is 10.3. The zero-order chi connectivity index (χ0) is 9.56. The van der Waals surface area contributed by atoms with Crippen molar-refractivity contribution in [2.75, 3.05) is 19.7 Å². The summed E-state index contributed by atoms with van der Waals surface area (Å²) in [6.07, 6.45) is 0.730. The van der Waals surface area contributed by atoms with Crippen LogP contribution in [0.1, 0.15) is 20.3 Å². The molecule has 3 N–H and O–H groups in total. The molecule has 0 aromatic heterocycles. The van der Waals surface area contributed by atoms with Gasteiger partial charge >= 0.3 is 0 Å². The zero-order valence-electron chi connectivity index (χ0n) is 7.79. The molecule has 4 heteroatoms. The first-order chi connectivity index (χ1) is 5.57. The van der Waals surface area contributed by atoms with Gasteiger partial charge in [-0.25, -0.2) is 0 Å². The standard InChI is InChI=1S/C8H18N2OS/c1-7(2)10(5-6-11)4-3-8(9)12/h7,11H,3-6H2,1-2H3,(H2,9,12). The molecule has 0 atom stereocenters. The minimum Gasteiger partial charge on any atom is -0.395 e. The normalized spacial score (nSPS) is 11.1. The van der Waals surface area contributed by atoms with Gasteiger partial charge in [-0.2, -0.15) is 0 Å². The number of rotatable bonds is 6. The molecule has 72 valence electrons. The molecule has 0 aromatic carbocycles. The minimum atomic E-state index is 0.190. The number of hydrogen-bond donors (Lipinski definition) is 2. The van der Waals surface area contributed by atoms with Gasteiger partial charge in [-0.15, -0.1) is 0 Å². The average Bonchev–Trinajstić information content (AvgIpc) is 1.96. The second kappa shape index (κ2) is 6.34. The van der Waals surface area contributed by atoms with Crippen molar-refractivity contribution in [3.63, 3.8) is 0 Å². The van der Waals surface area contributed by atoms with E-state index in [1.165, 1.54) is 0 Å². The number of thiocarbonyl (C=S) groups is 1. The summed E-state index contributed by atoms with van der Waals surface area (Å²) in [6.45, 7) is 5.91. The largest absolute Gasteiger partial charge is 0.395 e. The number of aliphatic hydroxyl groups excluding tert-OH is 1. The van der Waals surface area contributed by atoms with Crippen LogP contribution < -0.4 is 5.73 Å². The summed E-state index contributed by atoms with van der Waals surface area (Å²) in [4.78, 5) is 2.69. The lowest BCUT2D eigenvalue weighted by Gasteiger charge is -2.25. The molecular formula is C8H18N2OS. The van der Waals surface area contributed by atoms with Crippen molar-refractivity contribution in [1.82, 2.24) is 4.90 Å². The smallest absolute Gasteiger partial charge is 0.0740 e. The third-order valence-corrected chi connectivity index (χ3v) is 1.97. The maximum Gasteiger partial charge on any atom is 0.0740 e. The molecule has 0 spiro atoms. The summed E-state index contributed by atoms with van der Waals surface area (Å²) < 4.78 is 0. The molecule has 0 aliphatic rings. The molecule has 0 saturated heterocycles. The highest BCUT2D eigenvalue weighted by molar-refractivity contribution is 7.80. The van der Waals surface area contributed by atoms with E-state index in [1.54, 1.807) is 0 Å². The monoisotopic (exact) mass is 190 g/mol. The Hall–Kier alpha value is -0.190. The SMILES string of the molecule is CC(C)N(CCO)CCC(N)=S. The predicted octanol–water partition coefficient (Wildman–Crippen LogP) is 0.365. The van der Waals surface area contributed by atoms with Crippen molar-refractivity contribution >= 4 is 17.2 Å². The predicted molar refractivity (Wildman–Crippen MR) is 55.2 cm³/mol. The molecule has 0 heterocycles. The van der Waals surface area contributed by atoms with Gasteiger partial charge in [0, 0.05) is 25.6 Å². The highest BCUT2D eigenvalue weighted by Crippen LogP contribution is 1.98. The first-order valence-corrected chi connectivity index (χ1v) is 4.62. The van der Waals surface area contributed by atoms with Gasteiger partial charge in [0.1, 0.15) is 0 Å². The Kier molecular flexibility index (Phi) is 6.24. The second-order valence-corrected chi connectivity index (χ2v) is 3.59. The fraction of sp³-hybridized carbons (Fsp3) is 0.875. The summed E-state index contributed by atoms with van der Waals surface area (Å²) in [5.41, 5.74) is 5.38. The van der Waals surface area contributed by atoms with Gasteiger partial charge in [0.25, 0.3) is 0 Å². The molecule has 0 radical (unpaired) electrons. The van der Waals surface area contributed by atoms with E-state index >= 15 is 0 Å². The molecule has 12 heavy (non-hydrogen) atoms. The zero-order valence-corrected chi connectivity index (χ0v) is 8.60. The van der Waals surface area contributed by atoms with E-state index < -0.39 is 0 Å². The maximum atomic E-state index is 8.75. The van der Waals surface area contributed by atoms with E-state index in [1.807, 2.05) is 0 Å². The third kappa shape index (κ3) is 5.46. The molecule has 0 aromatic rings. The number of nitrogens with two attached hydrogens (primary N) is 1. The van der Waals surface area contributed by atoms with Crippen LogP contribution in [0.25, 0.3) is 0 Å². The lowest BCUT2D eigenvalue weighted by Crippen LogP contribution is -2.35. The van der Waals surface area contributed by atoms with Crippen LogP contribution in [0.3, 0.4) is 0 Å². The van der Waals surface area contributed by atoms with Gasteiger partial charge in [-0.05, 0) is 13.8 Å². The summed E-state index contributed by atoms with van der Waals surface area (Å²) >= 11 is 4.77. The molecule has 0 unspecified atom stereocenters. The van der Waals surface area contributed by atoms with Crippen molar-refractivity contribution in [3.05, 3.63) is 0 Å². The van der Waals surface area contributed by atoms with Crippen LogP contribution in [0, 0.1) is 0 Å². The van der Waals surface area contributed by atoms with Crippen LogP contribution in [-0.2, 0) is 0 Å². The molecule has 3 nitrogen and oxygen atoms in total. The Labute approximate surface area is 79.5 Å². The van der Waals surface area contributed by atoms with Crippen molar-refractivity contribution in [3.8, 4) is 0 Å². The molecule has 0 saturated carbocycles. The number of aliphatic hydroxyl groups is 1. The first-order valence-electron chi connectivity index (χ1n) is 4.21. The Morgan fingerprint density at radius 1 is 1.50 bits per heavy atom. The van der Waals surface area contributed by atoms with Gasteiger partial charge in [-0.3, -0.25) is 4.90 Å². The lowest BCUT2D eigenvalue weighted by molar-refractivity contribution is 0.169. The molecule has 0 aliphatic heterocycles. The van der Waals surface area contributed by atoms with Crippen molar-refractivity contribution in [2.45, 2.75) is 26.3 Å². The van der Waals surface area contributed by atoms with Crippen LogP contribution in [0.4, 0.5) is 0 Å². The summed E-state index contributed by atoms with van der Waals surface area (Å²) in [5, 5.41) is 8.75. The van der Waals surface area contributed by atoms with E-state index in [9.17, 15) is 0 Å². The third-order valence-electron chi connectivity index (χ3n) is 1.76. The van der Waals surface area contributed by atoms with E-state index in [0.717, 1.165) is 13.0 Å². The summed E-state index contributed by atoms with van der Waals surface area (Å²) in [5.74, 6) is 0. The van der Waals surface area contributed by atoms with E-state index in [0.29, 0.717) is 17.6 Å². The van der Waals surface area contributed by atoms with Gasteiger partial charge in [0.05, 0.1) is 11.6 Å². The van der Waals surface area contributed by atoms with Crippen molar-refractivity contribution in [1.29, 1.82) is 0 Å². The quantitative estimate of drug-likeness (QED) is 0.594. The Morgan fingerprint density at radius 3 is 2.42 bits per heavy atom. The second-order valence-electron chi connectivity index (χ2n) is 3.07. The summed E-state index contributed by atoms with van der Waals surface area (Å²) in [6, 6.07) is 0.437. The molecule has 0 aliphatic carbocycles. The van der Waals surface area contributed by atoms with Crippen molar-refractivity contribution in [2.24, 2.45) is 5.73 Å². The van der Waals surface area contributed by atoms with E-state index in [4.69, 9.17) is 23.1 Å². The number of nitrogens with zero attached hydrogens (tertiary/aromatic N) is 1.